The first-order valence-corrected chi connectivity index (χ1v) is 8.76. The van der Waals surface area contributed by atoms with Gasteiger partial charge in [0.15, 0.2) is 11.5 Å². The van der Waals surface area contributed by atoms with Gasteiger partial charge in [0.1, 0.15) is 11.4 Å². The van der Waals surface area contributed by atoms with Crippen molar-refractivity contribution in [1.82, 2.24) is 10.4 Å². The molecular formula is C17H15BrClN3O4. The molecule has 0 aromatic heterocycles. The number of amides is 2. The Morgan fingerprint density at radius 1 is 1.35 bits per heavy atom. The molecule has 2 aromatic carbocycles. The number of anilines is 1. The van der Waals surface area contributed by atoms with Crippen LogP contribution < -0.4 is 15.9 Å². The second-order valence-electron chi connectivity index (χ2n) is 5.67. The number of nitrogens with two attached hydrogens (primary N) is 1. The minimum Gasteiger partial charge on any atom is -0.503 e. The third-order valence-corrected chi connectivity index (χ3v) is 5.07. The Hall–Kier alpha value is -2.45. The molecule has 1 heterocycles. The number of β-lactam (4-membered cyclic amide) rings is 1. The summed E-state index contributed by atoms with van der Waals surface area (Å²) in [7, 11) is 1.41. The highest BCUT2D eigenvalue weighted by atomic mass is 79.9. The molecule has 1 fully saturated rings. The van der Waals surface area contributed by atoms with Crippen molar-refractivity contribution in [3.05, 3.63) is 52.0 Å². The SMILES string of the molecule is COc1cc([C@H]2[C@@H](Cl)C(=O)N2NC(=O)c2ccc(N)cc2)cc(Br)c1O. The molecule has 4 N–H and O–H groups in total. The van der Waals surface area contributed by atoms with Crippen molar-refractivity contribution in [3.63, 3.8) is 0 Å². The van der Waals surface area contributed by atoms with E-state index in [1.807, 2.05) is 0 Å². The molecule has 0 spiro atoms. The molecule has 1 saturated heterocycles. The van der Waals surface area contributed by atoms with Gasteiger partial charge in [0.2, 0.25) is 0 Å². The summed E-state index contributed by atoms with van der Waals surface area (Å²) in [6.45, 7) is 0. The summed E-state index contributed by atoms with van der Waals surface area (Å²) in [6, 6.07) is 8.88. The number of nitrogens with one attached hydrogen (secondary N) is 1. The zero-order valence-electron chi connectivity index (χ0n) is 13.6. The first-order valence-electron chi connectivity index (χ1n) is 7.53. The summed E-state index contributed by atoms with van der Waals surface area (Å²) < 4.78 is 5.51. The zero-order chi connectivity index (χ0) is 19.0. The summed E-state index contributed by atoms with van der Waals surface area (Å²) in [4.78, 5) is 24.5. The van der Waals surface area contributed by atoms with E-state index in [9.17, 15) is 14.7 Å². The highest BCUT2D eigenvalue weighted by Crippen LogP contribution is 2.43. The number of hydrazine groups is 1. The average Bonchev–Trinajstić information content (AvgIpc) is 2.63. The van der Waals surface area contributed by atoms with E-state index in [1.165, 1.54) is 7.11 Å². The molecule has 1 aliphatic heterocycles. The number of benzene rings is 2. The summed E-state index contributed by atoms with van der Waals surface area (Å²) in [5, 5.41) is 10.2. The van der Waals surface area contributed by atoms with Crippen molar-refractivity contribution in [2.45, 2.75) is 11.4 Å². The number of methoxy groups -OCH3 is 1. The lowest BCUT2D eigenvalue weighted by Crippen LogP contribution is -2.63. The highest BCUT2D eigenvalue weighted by Gasteiger charge is 2.48. The number of aromatic hydroxyl groups is 1. The van der Waals surface area contributed by atoms with Gasteiger partial charge in [-0.1, -0.05) is 0 Å². The van der Waals surface area contributed by atoms with Gasteiger partial charge in [-0.2, -0.15) is 0 Å². The van der Waals surface area contributed by atoms with Gasteiger partial charge >= 0.3 is 0 Å². The molecule has 2 aromatic rings. The number of carbonyl (C=O) groups is 2. The molecule has 0 saturated carbocycles. The third kappa shape index (κ3) is 3.17. The maximum Gasteiger partial charge on any atom is 0.269 e. The predicted molar refractivity (Wildman–Crippen MR) is 99.9 cm³/mol. The van der Waals surface area contributed by atoms with Crippen LogP contribution in [0.5, 0.6) is 11.5 Å². The predicted octanol–water partition coefficient (Wildman–Crippen LogP) is 2.58. The number of carbonyl (C=O) groups excluding carboxylic acids is 2. The molecule has 0 unspecified atom stereocenters. The number of hydrogen-bond donors (Lipinski definition) is 3. The number of nitrogens with zero attached hydrogens (tertiary/aromatic N) is 1. The Bertz CT molecular complexity index is 875. The molecule has 0 radical (unpaired) electrons. The van der Waals surface area contributed by atoms with E-state index in [0.29, 0.717) is 21.3 Å². The number of halogens is 2. The van der Waals surface area contributed by atoms with Crippen molar-refractivity contribution in [2.24, 2.45) is 0 Å². The Kier molecular flexibility index (Phi) is 4.97. The van der Waals surface area contributed by atoms with Crippen LogP contribution in [0.2, 0.25) is 0 Å². The van der Waals surface area contributed by atoms with E-state index in [0.717, 1.165) is 5.01 Å². The van der Waals surface area contributed by atoms with Gasteiger partial charge in [0, 0.05) is 11.3 Å². The quantitative estimate of drug-likeness (QED) is 0.385. The lowest BCUT2D eigenvalue weighted by molar-refractivity contribution is -0.149. The van der Waals surface area contributed by atoms with Crippen molar-refractivity contribution in [1.29, 1.82) is 0 Å². The fourth-order valence-electron chi connectivity index (χ4n) is 2.63. The van der Waals surface area contributed by atoms with Crippen molar-refractivity contribution in [3.8, 4) is 11.5 Å². The van der Waals surface area contributed by atoms with Crippen LogP contribution in [-0.4, -0.2) is 34.4 Å². The number of ether oxygens (including phenoxy) is 1. The normalized spacial score (nSPS) is 19.0. The number of nitrogen functional groups attached to an aromatic ring is 1. The minimum absolute atomic E-state index is 0.0644. The monoisotopic (exact) mass is 439 g/mol. The van der Waals surface area contributed by atoms with Crippen molar-refractivity contribution >= 4 is 45.0 Å². The number of hydrogen-bond acceptors (Lipinski definition) is 5. The summed E-state index contributed by atoms with van der Waals surface area (Å²) >= 11 is 9.39. The number of rotatable bonds is 4. The average molecular weight is 441 g/mol. The van der Waals surface area contributed by atoms with E-state index in [4.69, 9.17) is 22.1 Å². The number of phenols is 1. The van der Waals surface area contributed by atoms with Crippen LogP contribution >= 0.6 is 27.5 Å². The van der Waals surface area contributed by atoms with E-state index < -0.39 is 23.2 Å². The van der Waals surface area contributed by atoms with Crippen LogP contribution in [0, 0.1) is 0 Å². The highest BCUT2D eigenvalue weighted by molar-refractivity contribution is 9.10. The smallest absolute Gasteiger partial charge is 0.269 e. The largest absolute Gasteiger partial charge is 0.503 e. The van der Waals surface area contributed by atoms with E-state index in [-0.39, 0.29) is 11.5 Å². The second-order valence-corrected chi connectivity index (χ2v) is 7.00. The van der Waals surface area contributed by atoms with Gasteiger partial charge < -0.3 is 15.6 Å². The van der Waals surface area contributed by atoms with Crippen LogP contribution in [0.4, 0.5) is 5.69 Å². The summed E-state index contributed by atoms with van der Waals surface area (Å²) in [6.07, 6.45) is 0. The van der Waals surface area contributed by atoms with Crippen molar-refractivity contribution < 1.29 is 19.4 Å². The van der Waals surface area contributed by atoms with Gasteiger partial charge in [0.25, 0.3) is 11.8 Å². The molecule has 9 heteroatoms. The minimum atomic E-state index is -0.845. The molecule has 3 rings (SSSR count). The van der Waals surface area contributed by atoms with Gasteiger partial charge in [-0.3, -0.25) is 15.0 Å². The van der Waals surface area contributed by atoms with Gasteiger partial charge in [-0.15, -0.1) is 11.6 Å². The van der Waals surface area contributed by atoms with E-state index >= 15 is 0 Å². The summed E-state index contributed by atoms with van der Waals surface area (Å²) in [5.74, 6) is -0.728. The number of alkyl halides is 1. The lowest BCUT2D eigenvalue weighted by atomic mass is 9.95. The Balaban J connectivity index is 1.86. The van der Waals surface area contributed by atoms with Crippen LogP contribution in [0.3, 0.4) is 0 Å². The molecule has 2 amide bonds. The molecule has 2 atom stereocenters. The Labute approximate surface area is 162 Å². The first-order chi connectivity index (χ1) is 12.3. The fraction of sp³-hybridized carbons (Fsp3) is 0.176. The van der Waals surface area contributed by atoms with Gasteiger partial charge in [-0.05, 0) is 57.9 Å². The molecule has 0 bridgehead atoms. The summed E-state index contributed by atoms with van der Waals surface area (Å²) in [5.41, 5.74) is 9.64. The number of phenolic OH excluding ortho intramolecular Hbond substituents is 1. The van der Waals surface area contributed by atoms with Crippen LogP contribution in [0.1, 0.15) is 22.0 Å². The molecule has 7 nitrogen and oxygen atoms in total. The second kappa shape index (κ2) is 7.05. The zero-order valence-corrected chi connectivity index (χ0v) is 15.9. The standard InChI is InChI=1S/C17H15BrClN3O4/c1-26-12-7-9(6-11(18)15(12)23)14-13(19)17(25)22(14)21-16(24)8-2-4-10(20)5-3-8/h2-7,13-14,23H,20H2,1H3,(H,21,24)/t13-,14+/m1/s1. The van der Waals surface area contributed by atoms with Crippen LogP contribution in [0.15, 0.2) is 40.9 Å². The van der Waals surface area contributed by atoms with Gasteiger partial charge in [-0.25, -0.2) is 5.01 Å². The topological polar surface area (TPSA) is 105 Å². The maximum absolute atomic E-state index is 12.4. The fourth-order valence-corrected chi connectivity index (χ4v) is 3.45. The van der Waals surface area contributed by atoms with Crippen LogP contribution in [-0.2, 0) is 4.79 Å². The Morgan fingerprint density at radius 3 is 2.62 bits per heavy atom. The lowest BCUT2D eigenvalue weighted by Gasteiger charge is -2.44. The van der Waals surface area contributed by atoms with E-state index in [2.05, 4.69) is 21.4 Å². The molecule has 0 aliphatic carbocycles. The van der Waals surface area contributed by atoms with Crippen molar-refractivity contribution in [2.75, 3.05) is 12.8 Å². The van der Waals surface area contributed by atoms with Gasteiger partial charge in [0.05, 0.1) is 11.6 Å². The molecular weight excluding hydrogens is 426 g/mol. The maximum atomic E-state index is 12.4. The van der Waals surface area contributed by atoms with E-state index in [1.54, 1.807) is 36.4 Å². The Morgan fingerprint density at radius 2 is 2.00 bits per heavy atom. The van der Waals surface area contributed by atoms with Crippen LogP contribution in [0.25, 0.3) is 0 Å². The first kappa shape index (κ1) is 18.3. The molecule has 1 aliphatic rings. The molecule has 136 valence electrons. The molecule has 26 heavy (non-hydrogen) atoms. The third-order valence-electron chi connectivity index (χ3n) is 4.04.